The average Bonchev–Trinajstić information content (AvgIpc) is 3.23. The Hall–Kier alpha value is -1.39. The minimum atomic E-state index is 0.612. The van der Waals surface area contributed by atoms with Crippen molar-refractivity contribution in [2.24, 2.45) is 5.73 Å². The van der Waals surface area contributed by atoms with Gasteiger partial charge in [-0.1, -0.05) is 12.1 Å². The Morgan fingerprint density at radius 3 is 2.86 bits per heavy atom. The largest absolute Gasteiger partial charge is 0.493 e. The van der Waals surface area contributed by atoms with Crippen LogP contribution < -0.4 is 10.5 Å². The highest BCUT2D eigenvalue weighted by Gasteiger charge is 2.29. The quantitative estimate of drug-likeness (QED) is 0.884. The van der Waals surface area contributed by atoms with Gasteiger partial charge < -0.3 is 10.5 Å². The van der Waals surface area contributed by atoms with Crippen LogP contribution in [0.2, 0.25) is 0 Å². The van der Waals surface area contributed by atoms with E-state index < -0.39 is 0 Å². The minimum Gasteiger partial charge on any atom is -0.493 e. The van der Waals surface area contributed by atoms with E-state index in [2.05, 4.69) is 32.0 Å². The van der Waals surface area contributed by atoms with Gasteiger partial charge in [-0.25, -0.2) is 4.98 Å². The molecule has 1 aliphatic carbocycles. The van der Waals surface area contributed by atoms with Crippen LogP contribution in [0.3, 0.4) is 0 Å². The molecule has 0 unspecified atom stereocenters. The number of aryl methyl sites for hydroxylation is 2. The lowest BCUT2D eigenvalue weighted by Gasteiger charge is -2.09. The molecule has 0 atom stereocenters. The van der Waals surface area contributed by atoms with Crippen LogP contribution in [0.5, 0.6) is 5.75 Å². The minimum absolute atomic E-state index is 0.612. The summed E-state index contributed by atoms with van der Waals surface area (Å²) < 4.78 is 5.92. The molecule has 2 N–H and O–H groups in total. The Labute approximate surface area is 130 Å². The van der Waals surface area contributed by atoms with Gasteiger partial charge >= 0.3 is 0 Å². The Bertz CT molecular complexity index is 632. The molecule has 21 heavy (non-hydrogen) atoms. The van der Waals surface area contributed by atoms with E-state index in [1.54, 1.807) is 11.3 Å². The SMILES string of the molecule is Cc1ccc(C)c(OCCc2nc(C3CC3)c(CN)s2)c1. The highest BCUT2D eigenvalue weighted by molar-refractivity contribution is 7.11. The first-order valence-corrected chi connectivity index (χ1v) is 8.37. The van der Waals surface area contributed by atoms with Gasteiger partial charge in [0, 0.05) is 23.8 Å². The molecule has 112 valence electrons. The Balaban J connectivity index is 1.61. The van der Waals surface area contributed by atoms with Crippen molar-refractivity contribution in [1.29, 1.82) is 0 Å². The fraction of sp³-hybridized carbons (Fsp3) is 0.471. The van der Waals surface area contributed by atoms with E-state index in [1.807, 2.05) is 0 Å². The summed E-state index contributed by atoms with van der Waals surface area (Å²) in [5, 5.41) is 1.16. The number of thiazole rings is 1. The van der Waals surface area contributed by atoms with Crippen LogP contribution in [0.25, 0.3) is 0 Å². The van der Waals surface area contributed by atoms with E-state index in [9.17, 15) is 0 Å². The molecule has 1 aliphatic rings. The number of hydrogen-bond acceptors (Lipinski definition) is 4. The lowest BCUT2D eigenvalue weighted by atomic mass is 10.1. The highest BCUT2D eigenvalue weighted by Crippen LogP contribution is 2.42. The third-order valence-electron chi connectivity index (χ3n) is 3.84. The van der Waals surface area contributed by atoms with Gasteiger partial charge in [0.1, 0.15) is 5.75 Å². The summed E-state index contributed by atoms with van der Waals surface area (Å²) in [5.41, 5.74) is 9.49. The van der Waals surface area contributed by atoms with Crippen LogP contribution in [0.15, 0.2) is 18.2 Å². The third kappa shape index (κ3) is 3.44. The van der Waals surface area contributed by atoms with Gasteiger partial charge in [0.2, 0.25) is 0 Å². The lowest BCUT2D eigenvalue weighted by Crippen LogP contribution is -2.02. The van der Waals surface area contributed by atoms with Crippen LogP contribution in [0.1, 0.15) is 45.5 Å². The number of nitrogens with two attached hydrogens (primary N) is 1. The first kappa shape index (κ1) is 14.5. The number of aromatic nitrogens is 1. The van der Waals surface area contributed by atoms with E-state index in [0.717, 1.165) is 17.2 Å². The molecule has 0 radical (unpaired) electrons. The summed E-state index contributed by atoms with van der Waals surface area (Å²) >= 11 is 1.75. The summed E-state index contributed by atoms with van der Waals surface area (Å²) in [7, 11) is 0. The van der Waals surface area contributed by atoms with Gasteiger partial charge in [0.05, 0.1) is 17.3 Å². The molecular weight excluding hydrogens is 280 g/mol. The molecule has 1 aromatic carbocycles. The fourth-order valence-electron chi connectivity index (χ4n) is 2.45. The van der Waals surface area contributed by atoms with Crippen molar-refractivity contribution >= 4 is 11.3 Å². The first-order chi connectivity index (χ1) is 10.2. The Morgan fingerprint density at radius 1 is 1.33 bits per heavy atom. The number of hydrogen-bond donors (Lipinski definition) is 1. The number of nitrogens with zero attached hydrogens (tertiary/aromatic N) is 1. The Kier molecular flexibility index (Phi) is 4.27. The monoisotopic (exact) mass is 302 g/mol. The molecule has 3 rings (SSSR count). The van der Waals surface area contributed by atoms with E-state index in [1.165, 1.54) is 34.5 Å². The highest BCUT2D eigenvalue weighted by atomic mass is 32.1. The van der Waals surface area contributed by atoms with E-state index in [-0.39, 0.29) is 0 Å². The first-order valence-electron chi connectivity index (χ1n) is 7.56. The predicted octanol–water partition coefficient (Wildman–Crippen LogP) is 3.72. The molecule has 1 heterocycles. The normalized spacial score (nSPS) is 14.4. The second kappa shape index (κ2) is 6.16. The smallest absolute Gasteiger partial charge is 0.122 e. The molecule has 2 aromatic rings. The van der Waals surface area contributed by atoms with Gasteiger partial charge in [-0.05, 0) is 43.9 Å². The van der Waals surface area contributed by atoms with Crippen LogP contribution >= 0.6 is 11.3 Å². The van der Waals surface area contributed by atoms with Crippen LogP contribution in [-0.2, 0) is 13.0 Å². The average molecular weight is 302 g/mol. The standard InChI is InChI=1S/C17H22N2OS/c1-11-3-4-12(2)14(9-11)20-8-7-16-19-17(13-5-6-13)15(10-18)21-16/h3-4,9,13H,5-8,10,18H2,1-2H3. The maximum absolute atomic E-state index is 5.92. The predicted molar refractivity (Wildman–Crippen MR) is 87.1 cm³/mol. The maximum atomic E-state index is 5.92. The number of rotatable bonds is 6. The van der Waals surface area contributed by atoms with Gasteiger partial charge in [-0.3, -0.25) is 0 Å². The molecule has 3 nitrogen and oxygen atoms in total. The zero-order valence-electron chi connectivity index (χ0n) is 12.7. The summed E-state index contributed by atoms with van der Waals surface area (Å²) in [4.78, 5) is 6.04. The molecule has 0 saturated heterocycles. The van der Waals surface area contributed by atoms with Crippen molar-refractivity contribution < 1.29 is 4.74 Å². The van der Waals surface area contributed by atoms with Crippen molar-refractivity contribution in [1.82, 2.24) is 4.98 Å². The van der Waals surface area contributed by atoms with Crippen molar-refractivity contribution in [3.63, 3.8) is 0 Å². The van der Waals surface area contributed by atoms with Crippen molar-refractivity contribution in [3.05, 3.63) is 44.9 Å². The zero-order valence-corrected chi connectivity index (χ0v) is 13.5. The maximum Gasteiger partial charge on any atom is 0.122 e. The van der Waals surface area contributed by atoms with Crippen LogP contribution in [0.4, 0.5) is 0 Å². The van der Waals surface area contributed by atoms with Crippen LogP contribution in [-0.4, -0.2) is 11.6 Å². The van der Waals surface area contributed by atoms with Gasteiger partial charge in [-0.15, -0.1) is 11.3 Å². The topological polar surface area (TPSA) is 48.1 Å². The molecule has 1 saturated carbocycles. The summed E-state index contributed by atoms with van der Waals surface area (Å²) in [6.07, 6.45) is 3.40. The summed E-state index contributed by atoms with van der Waals surface area (Å²) in [5.74, 6) is 1.65. The molecule has 0 bridgehead atoms. The second-order valence-electron chi connectivity index (χ2n) is 5.76. The van der Waals surface area contributed by atoms with Crippen molar-refractivity contribution in [2.75, 3.05) is 6.61 Å². The van der Waals surface area contributed by atoms with Crippen molar-refractivity contribution in [3.8, 4) is 5.75 Å². The zero-order chi connectivity index (χ0) is 14.8. The molecule has 1 aromatic heterocycles. The van der Waals surface area contributed by atoms with E-state index >= 15 is 0 Å². The van der Waals surface area contributed by atoms with Crippen molar-refractivity contribution in [2.45, 2.75) is 45.6 Å². The fourth-order valence-corrected chi connectivity index (χ4v) is 3.47. The van der Waals surface area contributed by atoms with Gasteiger partial charge in [-0.2, -0.15) is 0 Å². The summed E-state index contributed by atoms with van der Waals surface area (Å²) in [6, 6.07) is 6.31. The molecule has 0 amide bonds. The lowest BCUT2D eigenvalue weighted by molar-refractivity contribution is 0.319. The third-order valence-corrected chi connectivity index (χ3v) is 4.99. The number of ether oxygens (including phenoxy) is 1. The second-order valence-corrected chi connectivity index (χ2v) is 6.93. The Morgan fingerprint density at radius 2 is 2.14 bits per heavy atom. The van der Waals surface area contributed by atoms with E-state index in [0.29, 0.717) is 19.1 Å². The molecule has 0 aliphatic heterocycles. The van der Waals surface area contributed by atoms with Crippen LogP contribution in [0, 0.1) is 13.8 Å². The molecular formula is C17H22N2OS. The molecule has 0 spiro atoms. The summed E-state index contributed by atoms with van der Waals surface area (Å²) in [6.45, 7) is 5.45. The molecule has 4 heteroatoms. The number of benzene rings is 1. The van der Waals surface area contributed by atoms with Gasteiger partial charge in [0.25, 0.3) is 0 Å². The molecule has 1 fully saturated rings. The van der Waals surface area contributed by atoms with Gasteiger partial charge in [0.15, 0.2) is 0 Å². The van der Waals surface area contributed by atoms with E-state index in [4.69, 9.17) is 15.5 Å².